The van der Waals surface area contributed by atoms with Crippen LogP contribution in [0.5, 0.6) is 0 Å². The fourth-order valence-electron chi connectivity index (χ4n) is 3.36. The second kappa shape index (κ2) is 9.04. The van der Waals surface area contributed by atoms with Crippen molar-refractivity contribution in [3.05, 3.63) is 48.0 Å². The highest BCUT2D eigenvalue weighted by atomic mass is 16.5. The molecule has 21 heavy (non-hydrogen) atoms. The highest BCUT2D eigenvalue weighted by molar-refractivity contribution is 5.25. The summed E-state index contributed by atoms with van der Waals surface area (Å²) in [6.07, 6.45) is 11.2. The number of hydrogen-bond acceptors (Lipinski definition) is 1. The van der Waals surface area contributed by atoms with Crippen molar-refractivity contribution in [3.63, 3.8) is 0 Å². The molecule has 1 fully saturated rings. The fourth-order valence-corrected chi connectivity index (χ4v) is 3.36. The van der Waals surface area contributed by atoms with Gasteiger partial charge in [-0.15, -0.1) is 6.58 Å². The molecule has 0 radical (unpaired) electrons. The average Bonchev–Trinajstić information content (AvgIpc) is 2.54. The molecule has 0 aromatic heterocycles. The van der Waals surface area contributed by atoms with E-state index in [9.17, 15) is 0 Å². The van der Waals surface area contributed by atoms with Crippen LogP contribution in [-0.2, 0) is 11.3 Å². The summed E-state index contributed by atoms with van der Waals surface area (Å²) in [5.41, 5.74) is 2.82. The smallest absolute Gasteiger partial charge is 0.0716 e. The summed E-state index contributed by atoms with van der Waals surface area (Å²) in [5, 5.41) is 0. The minimum atomic E-state index is 0.752. The van der Waals surface area contributed by atoms with Crippen LogP contribution in [0, 0.1) is 5.92 Å². The Bertz CT molecular complexity index is 398. The van der Waals surface area contributed by atoms with Crippen LogP contribution >= 0.6 is 0 Å². The van der Waals surface area contributed by atoms with Crippen LogP contribution in [-0.4, -0.2) is 6.61 Å². The Labute approximate surface area is 130 Å². The second-order valence-electron chi connectivity index (χ2n) is 6.38. The summed E-state index contributed by atoms with van der Waals surface area (Å²) in [6, 6.07) is 9.13. The number of hydrogen-bond donors (Lipinski definition) is 0. The predicted molar refractivity (Wildman–Crippen MR) is 90.5 cm³/mol. The molecular weight excluding hydrogens is 256 g/mol. The van der Waals surface area contributed by atoms with Gasteiger partial charge in [0, 0.05) is 6.61 Å². The van der Waals surface area contributed by atoms with Crippen LogP contribution < -0.4 is 0 Å². The Morgan fingerprint density at radius 2 is 1.86 bits per heavy atom. The number of allylic oxidation sites excluding steroid dienone is 1. The van der Waals surface area contributed by atoms with Crippen molar-refractivity contribution in [2.45, 2.75) is 64.4 Å². The molecule has 0 heterocycles. The predicted octanol–water partition coefficient (Wildman–Crippen LogP) is 5.85. The van der Waals surface area contributed by atoms with E-state index in [1.54, 1.807) is 0 Å². The van der Waals surface area contributed by atoms with Crippen LogP contribution in [0.25, 0.3) is 0 Å². The van der Waals surface area contributed by atoms with Crippen molar-refractivity contribution in [1.29, 1.82) is 0 Å². The Morgan fingerprint density at radius 3 is 2.48 bits per heavy atom. The first-order chi connectivity index (χ1) is 10.3. The lowest BCUT2D eigenvalue weighted by Crippen LogP contribution is -2.13. The lowest BCUT2D eigenvalue weighted by Gasteiger charge is -2.28. The molecule has 0 saturated heterocycles. The van der Waals surface area contributed by atoms with Crippen LogP contribution in [0.2, 0.25) is 0 Å². The highest BCUT2D eigenvalue weighted by Crippen LogP contribution is 2.37. The van der Waals surface area contributed by atoms with Gasteiger partial charge in [-0.3, -0.25) is 0 Å². The molecule has 0 spiro atoms. The molecule has 1 saturated carbocycles. The standard InChI is InChI=1S/C20H30O/c1-3-5-6-17-7-11-19(12-8-17)20-13-9-18(10-14-20)16-21-15-4-2/h3,9-10,13-14,17,19H,1,4-8,11-12,15-16H2,2H3. The topological polar surface area (TPSA) is 9.23 Å². The van der Waals surface area contributed by atoms with Gasteiger partial charge in [0.1, 0.15) is 0 Å². The number of ether oxygens (including phenoxy) is 1. The van der Waals surface area contributed by atoms with Gasteiger partial charge in [-0.05, 0) is 67.9 Å². The van der Waals surface area contributed by atoms with Gasteiger partial charge in [0.25, 0.3) is 0 Å². The number of benzene rings is 1. The molecule has 116 valence electrons. The summed E-state index contributed by atoms with van der Waals surface area (Å²) >= 11 is 0. The molecular formula is C20H30O. The average molecular weight is 286 g/mol. The van der Waals surface area contributed by atoms with Crippen LogP contribution in [0.15, 0.2) is 36.9 Å². The molecule has 1 aliphatic rings. The molecule has 1 heteroatoms. The van der Waals surface area contributed by atoms with Gasteiger partial charge in [0.2, 0.25) is 0 Å². The van der Waals surface area contributed by atoms with Gasteiger partial charge in [-0.1, -0.05) is 37.3 Å². The zero-order chi connectivity index (χ0) is 14.9. The van der Waals surface area contributed by atoms with Crippen molar-refractivity contribution in [3.8, 4) is 0 Å². The number of rotatable bonds is 8. The molecule has 0 amide bonds. The van der Waals surface area contributed by atoms with Crippen molar-refractivity contribution >= 4 is 0 Å². The normalized spacial score (nSPS) is 22.1. The van der Waals surface area contributed by atoms with E-state index < -0.39 is 0 Å². The maximum Gasteiger partial charge on any atom is 0.0716 e. The fraction of sp³-hybridized carbons (Fsp3) is 0.600. The van der Waals surface area contributed by atoms with Gasteiger partial charge >= 0.3 is 0 Å². The van der Waals surface area contributed by atoms with Crippen LogP contribution in [0.3, 0.4) is 0 Å². The first-order valence-electron chi connectivity index (χ1n) is 8.61. The van der Waals surface area contributed by atoms with Crippen molar-refractivity contribution in [1.82, 2.24) is 0 Å². The maximum absolute atomic E-state index is 5.60. The zero-order valence-electron chi connectivity index (χ0n) is 13.5. The van der Waals surface area contributed by atoms with Gasteiger partial charge < -0.3 is 4.74 Å². The van der Waals surface area contributed by atoms with Crippen molar-refractivity contribution in [2.24, 2.45) is 5.92 Å². The Kier molecular flexibility index (Phi) is 7.02. The molecule has 2 rings (SSSR count). The van der Waals surface area contributed by atoms with Gasteiger partial charge in [-0.25, -0.2) is 0 Å². The molecule has 0 unspecified atom stereocenters. The van der Waals surface area contributed by atoms with E-state index in [-0.39, 0.29) is 0 Å². The molecule has 1 aromatic carbocycles. The summed E-state index contributed by atoms with van der Waals surface area (Å²) in [4.78, 5) is 0. The molecule has 1 aliphatic carbocycles. The van der Waals surface area contributed by atoms with Crippen molar-refractivity contribution < 1.29 is 4.74 Å². The first kappa shape index (κ1) is 16.3. The van der Waals surface area contributed by atoms with E-state index in [1.165, 1.54) is 49.7 Å². The van der Waals surface area contributed by atoms with E-state index in [4.69, 9.17) is 4.74 Å². The van der Waals surface area contributed by atoms with Crippen molar-refractivity contribution in [2.75, 3.05) is 6.61 Å². The van der Waals surface area contributed by atoms with E-state index in [0.717, 1.165) is 31.5 Å². The lowest BCUT2D eigenvalue weighted by molar-refractivity contribution is 0.121. The van der Waals surface area contributed by atoms with E-state index in [0.29, 0.717) is 0 Å². The molecule has 0 bridgehead atoms. The third kappa shape index (κ3) is 5.32. The minimum absolute atomic E-state index is 0.752. The third-order valence-electron chi connectivity index (χ3n) is 4.69. The van der Waals surface area contributed by atoms with Crippen LogP contribution in [0.4, 0.5) is 0 Å². The van der Waals surface area contributed by atoms with E-state index >= 15 is 0 Å². The quantitative estimate of drug-likeness (QED) is 0.430. The summed E-state index contributed by atoms with van der Waals surface area (Å²) in [5.74, 6) is 1.71. The first-order valence-corrected chi connectivity index (χ1v) is 8.61. The Hall–Kier alpha value is -1.08. The molecule has 0 N–H and O–H groups in total. The molecule has 0 atom stereocenters. The van der Waals surface area contributed by atoms with E-state index in [2.05, 4.69) is 43.8 Å². The van der Waals surface area contributed by atoms with Crippen LogP contribution in [0.1, 0.15) is 68.9 Å². The van der Waals surface area contributed by atoms with Gasteiger partial charge in [-0.2, -0.15) is 0 Å². The molecule has 1 aromatic rings. The van der Waals surface area contributed by atoms with Gasteiger partial charge in [0.05, 0.1) is 6.61 Å². The summed E-state index contributed by atoms with van der Waals surface area (Å²) in [6.45, 7) is 7.59. The molecule has 1 nitrogen and oxygen atoms in total. The third-order valence-corrected chi connectivity index (χ3v) is 4.69. The largest absolute Gasteiger partial charge is 0.377 e. The summed E-state index contributed by atoms with van der Waals surface area (Å²) in [7, 11) is 0. The SMILES string of the molecule is C=CCCC1CCC(c2ccc(COCCC)cc2)CC1. The minimum Gasteiger partial charge on any atom is -0.377 e. The van der Waals surface area contributed by atoms with E-state index in [1.807, 2.05) is 0 Å². The van der Waals surface area contributed by atoms with Gasteiger partial charge in [0.15, 0.2) is 0 Å². The summed E-state index contributed by atoms with van der Waals surface area (Å²) < 4.78 is 5.60. The highest BCUT2D eigenvalue weighted by Gasteiger charge is 2.21. The Balaban J connectivity index is 1.79. The zero-order valence-corrected chi connectivity index (χ0v) is 13.5. The Morgan fingerprint density at radius 1 is 1.14 bits per heavy atom. The lowest BCUT2D eigenvalue weighted by atomic mass is 9.77. The molecule has 0 aliphatic heterocycles. The monoisotopic (exact) mass is 286 g/mol. The maximum atomic E-state index is 5.60. The second-order valence-corrected chi connectivity index (χ2v) is 6.38.